The van der Waals surface area contributed by atoms with Crippen LogP contribution < -0.4 is 10.2 Å². The minimum absolute atomic E-state index is 0.0279. The Hall–Kier alpha value is -4.53. The van der Waals surface area contributed by atoms with Crippen LogP contribution >= 0.6 is 0 Å². The maximum Gasteiger partial charge on any atom is 0.410 e. The molecule has 0 radical (unpaired) electrons. The number of amides is 3. The number of hydrogen-bond donors (Lipinski definition) is 1. The number of halogens is 4. The molecule has 49 heavy (non-hydrogen) atoms. The van der Waals surface area contributed by atoms with Crippen LogP contribution in [0.15, 0.2) is 57.9 Å². The van der Waals surface area contributed by atoms with Crippen molar-refractivity contribution in [1.82, 2.24) is 9.88 Å². The summed E-state index contributed by atoms with van der Waals surface area (Å²) >= 11 is 0. The molecule has 1 aliphatic rings. The van der Waals surface area contributed by atoms with Crippen molar-refractivity contribution in [2.24, 2.45) is 4.36 Å². The van der Waals surface area contributed by atoms with Crippen molar-refractivity contribution >= 4 is 39.1 Å². The molecule has 3 amide bonds. The van der Waals surface area contributed by atoms with Gasteiger partial charge in [0.2, 0.25) is 5.92 Å². The molecule has 264 valence electrons. The number of hydrogen-bond acceptors (Lipinski definition) is 7. The molecule has 1 aliphatic heterocycles. The molecule has 1 saturated heterocycles. The van der Waals surface area contributed by atoms with Crippen molar-refractivity contribution in [3.05, 3.63) is 71.4 Å². The van der Waals surface area contributed by atoms with Gasteiger partial charge in [0.15, 0.2) is 11.6 Å². The third kappa shape index (κ3) is 9.55. The lowest BCUT2D eigenvalue weighted by molar-refractivity contribution is -0.118. The number of rotatable bonds is 7. The maximum atomic E-state index is 14.2. The van der Waals surface area contributed by atoms with E-state index in [1.807, 2.05) is 0 Å². The number of anilines is 2. The monoisotopic (exact) mass is 705 g/mol. The van der Waals surface area contributed by atoms with Crippen LogP contribution in [0.2, 0.25) is 0 Å². The molecule has 0 bridgehead atoms. The number of nitrogens with one attached hydrogen (secondary N) is 1. The highest BCUT2D eigenvalue weighted by molar-refractivity contribution is 7.93. The Morgan fingerprint density at radius 3 is 2.47 bits per heavy atom. The molecular weight excluding hydrogens is 666 g/mol. The summed E-state index contributed by atoms with van der Waals surface area (Å²) in [5, 5.41) is 2.73. The summed E-state index contributed by atoms with van der Waals surface area (Å²) in [6.07, 6.45) is 1.28. The average Bonchev–Trinajstić information content (AvgIpc) is 3.17. The van der Waals surface area contributed by atoms with Crippen molar-refractivity contribution in [2.45, 2.75) is 63.4 Å². The zero-order chi connectivity index (χ0) is 36.3. The van der Waals surface area contributed by atoms with Crippen molar-refractivity contribution in [3.8, 4) is 11.1 Å². The number of aromatic nitrogens is 1. The largest absolute Gasteiger partial charge is 0.444 e. The topological polar surface area (TPSA) is 121 Å². The third-order valence-corrected chi connectivity index (χ3v) is 9.36. The van der Waals surface area contributed by atoms with Gasteiger partial charge in [-0.1, -0.05) is 12.1 Å². The van der Waals surface area contributed by atoms with E-state index in [0.29, 0.717) is 11.1 Å². The smallest absolute Gasteiger partial charge is 0.410 e. The van der Waals surface area contributed by atoms with Crippen LogP contribution in [0.5, 0.6) is 0 Å². The minimum atomic E-state index is -3.35. The van der Waals surface area contributed by atoms with E-state index in [2.05, 4.69) is 14.7 Å². The fraction of sp³-hybridized carbons (Fsp3) is 0.412. The molecule has 10 nitrogen and oxygen atoms in total. The molecule has 0 aliphatic carbocycles. The first-order valence-electron chi connectivity index (χ1n) is 15.4. The highest BCUT2D eigenvalue weighted by atomic mass is 32.2. The van der Waals surface area contributed by atoms with E-state index in [4.69, 9.17) is 4.74 Å². The number of alkyl halides is 2. The zero-order valence-corrected chi connectivity index (χ0v) is 28.9. The Morgan fingerprint density at radius 1 is 1.08 bits per heavy atom. The van der Waals surface area contributed by atoms with Crippen molar-refractivity contribution in [3.63, 3.8) is 0 Å². The van der Waals surface area contributed by atoms with Gasteiger partial charge in [-0.25, -0.2) is 31.5 Å². The van der Waals surface area contributed by atoms with Crippen molar-refractivity contribution < 1.29 is 40.9 Å². The molecule has 4 rings (SSSR count). The van der Waals surface area contributed by atoms with Gasteiger partial charge in [0, 0.05) is 61.6 Å². The summed E-state index contributed by atoms with van der Waals surface area (Å²) in [6, 6.07) is 9.13. The number of nitrogens with zero attached hydrogens (tertiary/aromatic N) is 4. The first-order chi connectivity index (χ1) is 22.8. The molecule has 1 atom stereocenters. The number of pyridine rings is 1. The lowest BCUT2D eigenvalue weighted by atomic mass is 9.97. The summed E-state index contributed by atoms with van der Waals surface area (Å²) in [7, 11) is -2.00. The molecule has 2 heterocycles. The van der Waals surface area contributed by atoms with E-state index in [0.717, 1.165) is 17.0 Å². The van der Waals surface area contributed by atoms with Crippen LogP contribution in [0, 0.1) is 18.6 Å². The summed E-state index contributed by atoms with van der Waals surface area (Å²) in [6.45, 7) is 6.27. The number of ether oxygens (including phenoxy) is 1. The van der Waals surface area contributed by atoms with Gasteiger partial charge in [0.05, 0.1) is 15.3 Å². The van der Waals surface area contributed by atoms with Gasteiger partial charge in [-0.3, -0.25) is 9.59 Å². The van der Waals surface area contributed by atoms with Crippen LogP contribution in [0.3, 0.4) is 0 Å². The Labute approximate surface area is 283 Å². The van der Waals surface area contributed by atoms with Gasteiger partial charge in [-0.05, 0) is 75.6 Å². The van der Waals surface area contributed by atoms with Crippen LogP contribution in [0.25, 0.3) is 11.1 Å². The Morgan fingerprint density at radius 2 is 1.80 bits per heavy atom. The van der Waals surface area contributed by atoms with E-state index >= 15 is 0 Å². The van der Waals surface area contributed by atoms with Gasteiger partial charge in [-0.15, -0.1) is 0 Å². The Bertz CT molecular complexity index is 1890. The summed E-state index contributed by atoms with van der Waals surface area (Å²) in [5.41, 5.74) is 0.341. The van der Waals surface area contributed by atoms with E-state index in [1.165, 1.54) is 49.8 Å². The molecule has 1 N–H and O–H groups in total. The number of likely N-dealkylation sites (N-methyl/N-ethyl adjacent to an activating group) is 1. The second kappa shape index (κ2) is 14.5. The lowest BCUT2D eigenvalue weighted by Gasteiger charge is -2.26. The molecule has 2 aromatic carbocycles. The van der Waals surface area contributed by atoms with Crippen LogP contribution in [-0.2, 0) is 19.3 Å². The zero-order valence-electron chi connectivity index (χ0n) is 28.1. The molecular formula is C34H39F4N5O5S. The lowest BCUT2D eigenvalue weighted by Crippen LogP contribution is -2.37. The second-order valence-corrected chi connectivity index (χ2v) is 15.2. The maximum absolute atomic E-state index is 14.2. The highest BCUT2D eigenvalue weighted by Gasteiger charge is 2.34. The quantitative estimate of drug-likeness (QED) is 0.261. The highest BCUT2D eigenvalue weighted by Crippen LogP contribution is 2.35. The summed E-state index contributed by atoms with van der Waals surface area (Å²) < 4.78 is 79.0. The van der Waals surface area contributed by atoms with Crippen LogP contribution in [-0.4, -0.2) is 76.5 Å². The predicted molar refractivity (Wildman–Crippen MR) is 178 cm³/mol. The number of benzene rings is 2. The molecule has 0 saturated carbocycles. The average molecular weight is 706 g/mol. The van der Waals surface area contributed by atoms with E-state index in [-0.39, 0.29) is 53.5 Å². The second-order valence-electron chi connectivity index (χ2n) is 12.9. The van der Waals surface area contributed by atoms with Gasteiger partial charge >= 0.3 is 6.09 Å². The van der Waals surface area contributed by atoms with Gasteiger partial charge in [0.25, 0.3) is 11.8 Å². The number of carbonyl (C=O) groups is 3. The first kappa shape index (κ1) is 37.3. The van der Waals surface area contributed by atoms with E-state index in [9.17, 15) is 36.2 Å². The van der Waals surface area contributed by atoms with Crippen molar-refractivity contribution in [1.29, 1.82) is 0 Å². The van der Waals surface area contributed by atoms with Gasteiger partial charge in [-0.2, -0.15) is 4.36 Å². The fourth-order valence-corrected chi connectivity index (χ4v) is 6.45. The molecule has 0 spiro atoms. The third-order valence-electron chi connectivity index (χ3n) is 7.68. The SMILES string of the molecule is Cc1c(-c2ccc(F)c(F)c2)cnc(N2CCCC(F)(F)CC2)c1C(=O)Nc1cccc([S@@](C)(=O)=NC(=O)CN(C)C(=O)OC(C)(C)C)c1. The molecule has 0 unspecified atom stereocenters. The minimum Gasteiger partial charge on any atom is -0.444 e. The molecule has 15 heteroatoms. The summed E-state index contributed by atoms with van der Waals surface area (Å²) in [4.78, 5) is 46.1. The Balaban J connectivity index is 1.66. The standard InChI is InChI=1S/C34H39F4N5O5S/c1-21-25(22-11-12-26(35)27(36)17-22)19-39-30(43-15-8-13-34(37,38)14-16-43)29(21)31(45)40-23-9-7-10-24(18-23)49(6,47)41-28(44)20-42(5)32(46)48-33(2,3)4/h7,9-12,17-19H,8,13-16,20H2,1-6H3,(H,40,45)/t49-/m1/s1. The number of carbonyl (C=O) groups excluding carboxylic acids is 3. The Kier molecular flexibility index (Phi) is 11.1. The fourth-order valence-electron chi connectivity index (χ4n) is 5.22. The first-order valence-corrected chi connectivity index (χ1v) is 17.4. The summed E-state index contributed by atoms with van der Waals surface area (Å²) in [5.74, 6) is -6.40. The van der Waals surface area contributed by atoms with Crippen molar-refractivity contribution in [2.75, 3.05) is 43.2 Å². The van der Waals surface area contributed by atoms with Crippen LogP contribution in [0.1, 0.15) is 56.0 Å². The molecule has 3 aromatic rings. The van der Waals surface area contributed by atoms with Gasteiger partial charge in [0.1, 0.15) is 18.0 Å². The van der Waals surface area contributed by atoms with E-state index in [1.54, 1.807) is 32.6 Å². The van der Waals surface area contributed by atoms with Gasteiger partial charge < -0.3 is 19.9 Å². The molecule has 1 fully saturated rings. The normalized spacial score (nSPS) is 15.8. The predicted octanol–water partition coefficient (Wildman–Crippen LogP) is 7.06. The molecule has 1 aromatic heterocycles. The van der Waals surface area contributed by atoms with Crippen LogP contribution in [0.4, 0.5) is 33.9 Å². The van der Waals surface area contributed by atoms with E-state index < -0.39 is 63.8 Å².